The molecule has 0 saturated heterocycles. The first-order valence-corrected chi connectivity index (χ1v) is 6.78. The summed E-state index contributed by atoms with van der Waals surface area (Å²) in [4.78, 5) is 18.4. The molecule has 1 aromatic carbocycles. The molecule has 110 valence electrons. The summed E-state index contributed by atoms with van der Waals surface area (Å²) in [5, 5.41) is 11.4. The standard InChI is InChI=1S/C13H11Cl2N3O3/c1-7(2)10-12(15)16-6-17-13(10)21-11-8(14)4-3-5-9(11)18(19)20/h3-7H,1-2H3. The molecule has 0 fully saturated rings. The summed E-state index contributed by atoms with van der Waals surface area (Å²) in [7, 11) is 0. The quantitative estimate of drug-likeness (QED) is 0.465. The van der Waals surface area contributed by atoms with E-state index >= 15 is 0 Å². The summed E-state index contributed by atoms with van der Waals surface area (Å²) in [5.74, 6) is 0.0669. The Labute approximate surface area is 130 Å². The number of hydrogen-bond donors (Lipinski definition) is 0. The van der Waals surface area contributed by atoms with E-state index in [2.05, 4.69) is 9.97 Å². The number of benzene rings is 1. The summed E-state index contributed by atoms with van der Waals surface area (Å²) >= 11 is 12.0. The number of ether oxygens (including phenoxy) is 1. The lowest BCUT2D eigenvalue weighted by Gasteiger charge is -2.13. The predicted molar refractivity (Wildman–Crippen MR) is 79.3 cm³/mol. The predicted octanol–water partition coefficient (Wildman–Crippen LogP) is 4.61. The van der Waals surface area contributed by atoms with Crippen LogP contribution >= 0.6 is 23.2 Å². The first-order chi connectivity index (χ1) is 9.91. The topological polar surface area (TPSA) is 78.2 Å². The Hall–Kier alpha value is -1.92. The van der Waals surface area contributed by atoms with E-state index in [0.29, 0.717) is 5.56 Å². The molecule has 0 unspecified atom stereocenters. The lowest BCUT2D eigenvalue weighted by molar-refractivity contribution is -0.385. The fourth-order valence-electron chi connectivity index (χ4n) is 1.76. The number of rotatable bonds is 4. The Morgan fingerprint density at radius 3 is 2.62 bits per heavy atom. The molecular formula is C13H11Cl2N3O3. The first-order valence-electron chi connectivity index (χ1n) is 6.03. The average molecular weight is 328 g/mol. The van der Waals surface area contributed by atoms with Crippen LogP contribution in [0.4, 0.5) is 5.69 Å². The third kappa shape index (κ3) is 3.22. The second-order valence-electron chi connectivity index (χ2n) is 4.49. The number of para-hydroxylation sites is 1. The van der Waals surface area contributed by atoms with Gasteiger partial charge in [0.05, 0.1) is 15.5 Å². The highest BCUT2D eigenvalue weighted by atomic mass is 35.5. The van der Waals surface area contributed by atoms with Gasteiger partial charge in [-0.2, -0.15) is 0 Å². The van der Waals surface area contributed by atoms with Gasteiger partial charge in [0.15, 0.2) is 0 Å². The fourth-order valence-corrected chi connectivity index (χ4v) is 2.32. The van der Waals surface area contributed by atoms with Gasteiger partial charge in [-0.1, -0.05) is 43.1 Å². The monoisotopic (exact) mass is 327 g/mol. The van der Waals surface area contributed by atoms with Crippen molar-refractivity contribution < 1.29 is 9.66 Å². The van der Waals surface area contributed by atoms with E-state index in [0.717, 1.165) is 0 Å². The fraction of sp³-hybridized carbons (Fsp3) is 0.231. The van der Waals surface area contributed by atoms with Crippen LogP contribution in [0.15, 0.2) is 24.5 Å². The molecule has 0 aliphatic heterocycles. The average Bonchev–Trinajstić information content (AvgIpc) is 2.40. The smallest absolute Gasteiger partial charge is 0.313 e. The molecule has 0 N–H and O–H groups in total. The highest BCUT2D eigenvalue weighted by molar-refractivity contribution is 6.32. The Morgan fingerprint density at radius 1 is 1.29 bits per heavy atom. The SMILES string of the molecule is CC(C)c1c(Cl)ncnc1Oc1c(Cl)cccc1[N+](=O)[O-]. The molecule has 21 heavy (non-hydrogen) atoms. The van der Waals surface area contributed by atoms with Gasteiger partial charge >= 0.3 is 5.69 Å². The molecule has 0 aliphatic rings. The normalized spacial score (nSPS) is 10.7. The molecule has 2 rings (SSSR count). The van der Waals surface area contributed by atoms with Gasteiger partial charge in [-0.05, 0) is 12.0 Å². The van der Waals surface area contributed by atoms with Gasteiger partial charge in [-0.15, -0.1) is 0 Å². The Kier molecular flexibility index (Phi) is 4.59. The molecule has 2 aromatic rings. The van der Waals surface area contributed by atoms with Crippen LogP contribution in [0.25, 0.3) is 0 Å². The summed E-state index contributed by atoms with van der Waals surface area (Å²) in [6.07, 6.45) is 1.23. The number of nitrogens with zero attached hydrogens (tertiary/aromatic N) is 3. The van der Waals surface area contributed by atoms with E-state index in [1.165, 1.54) is 24.5 Å². The highest BCUT2D eigenvalue weighted by Crippen LogP contribution is 2.40. The third-order valence-electron chi connectivity index (χ3n) is 2.72. The molecule has 0 aliphatic carbocycles. The van der Waals surface area contributed by atoms with Crippen molar-refractivity contribution >= 4 is 28.9 Å². The molecular weight excluding hydrogens is 317 g/mol. The summed E-state index contributed by atoms with van der Waals surface area (Å²) in [6, 6.07) is 4.28. The van der Waals surface area contributed by atoms with Gasteiger partial charge < -0.3 is 4.74 Å². The van der Waals surface area contributed by atoms with Crippen LogP contribution in [0, 0.1) is 10.1 Å². The minimum atomic E-state index is -0.570. The van der Waals surface area contributed by atoms with E-state index in [9.17, 15) is 10.1 Å². The van der Waals surface area contributed by atoms with Gasteiger partial charge in [0.25, 0.3) is 0 Å². The molecule has 0 saturated carbocycles. The van der Waals surface area contributed by atoms with Crippen molar-refractivity contribution in [1.29, 1.82) is 0 Å². The minimum Gasteiger partial charge on any atom is -0.430 e. The largest absolute Gasteiger partial charge is 0.430 e. The summed E-state index contributed by atoms with van der Waals surface area (Å²) in [6.45, 7) is 3.77. The zero-order chi connectivity index (χ0) is 15.6. The molecule has 0 radical (unpaired) electrons. The van der Waals surface area contributed by atoms with Crippen LogP contribution < -0.4 is 4.74 Å². The van der Waals surface area contributed by atoms with Crippen LogP contribution in [-0.4, -0.2) is 14.9 Å². The van der Waals surface area contributed by atoms with Crippen molar-refractivity contribution in [3.05, 3.63) is 50.4 Å². The van der Waals surface area contributed by atoms with Crippen molar-refractivity contribution in [1.82, 2.24) is 9.97 Å². The second kappa shape index (κ2) is 6.24. The van der Waals surface area contributed by atoms with E-state index in [4.69, 9.17) is 27.9 Å². The van der Waals surface area contributed by atoms with Crippen LogP contribution in [0.3, 0.4) is 0 Å². The lowest BCUT2D eigenvalue weighted by Crippen LogP contribution is -2.01. The van der Waals surface area contributed by atoms with E-state index < -0.39 is 4.92 Å². The Morgan fingerprint density at radius 2 is 2.00 bits per heavy atom. The van der Waals surface area contributed by atoms with Gasteiger partial charge in [-0.25, -0.2) is 9.97 Å². The van der Waals surface area contributed by atoms with Crippen molar-refractivity contribution in [2.45, 2.75) is 19.8 Å². The first kappa shape index (κ1) is 15.5. The molecule has 6 nitrogen and oxygen atoms in total. The summed E-state index contributed by atoms with van der Waals surface area (Å²) in [5.41, 5.74) is 0.320. The Bertz CT molecular complexity index is 692. The summed E-state index contributed by atoms with van der Waals surface area (Å²) < 4.78 is 5.57. The van der Waals surface area contributed by atoms with Gasteiger partial charge in [-0.3, -0.25) is 10.1 Å². The lowest BCUT2D eigenvalue weighted by atomic mass is 10.1. The van der Waals surface area contributed by atoms with Crippen LogP contribution in [0.5, 0.6) is 11.6 Å². The zero-order valence-corrected chi connectivity index (χ0v) is 12.7. The van der Waals surface area contributed by atoms with Crippen molar-refractivity contribution in [2.24, 2.45) is 0 Å². The van der Waals surface area contributed by atoms with Crippen molar-refractivity contribution in [3.8, 4) is 11.6 Å². The molecule has 0 atom stereocenters. The van der Waals surface area contributed by atoms with Gasteiger partial charge in [0.2, 0.25) is 11.6 Å². The van der Waals surface area contributed by atoms with Crippen LogP contribution in [-0.2, 0) is 0 Å². The van der Waals surface area contributed by atoms with E-state index in [-0.39, 0.29) is 33.4 Å². The Balaban J connectivity index is 2.54. The number of halogens is 2. The van der Waals surface area contributed by atoms with E-state index in [1.54, 1.807) is 0 Å². The maximum atomic E-state index is 11.1. The van der Waals surface area contributed by atoms with Gasteiger partial charge in [0.1, 0.15) is 11.5 Å². The highest BCUT2D eigenvalue weighted by Gasteiger charge is 2.22. The number of hydrogen-bond acceptors (Lipinski definition) is 5. The molecule has 0 amide bonds. The number of nitro groups is 1. The molecule has 1 heterocycles. The maximum Gasteiger partial charge on any atom is 0.313 e. The zero-order valence-electron chi connectivity index (χ0n) is 11.2. The van der Waals surface area contributed by atoms with Crippen molar-refractivity contribution in [3.63, 3.8) is 0 Å². The molecule has 8 heteroatoms. The number of aromatic nitrogens is 2. The van der Waals surface area contributed by atoms with Crippen molar-refractivity contribution in [2.75, 3.05) is 0 Å². The molecule has 0 bridgehead atoms. The van der Waals surface area contributed by atoms with Crippen LogP contribution in [0.2, 0.25) is 10.2 Å². The number of nitro benzene ring substituents is 1. The second-order valence-corrected chi connectivity index (χ2v) is 5.25. The van der Waals surface area contributed by atoms with E-state index in [1.807, 2.05) is 13.8 Å². The third-order valence-corrected chi connectivity index (χ3v) is 3.32. The molecule has 1 aromatic heterocycles. The van der Waals surface area contributed by atoms with Crippen LogP contribution in [0.1, 0.15) is 25.3 Å². The maximum absolute atomic E-state index is 11.1. The minimum absolute atomic E-state index is 0.0183. The molecule has 0 spiro atoms. The van der Waals surface area contributed by atoms with Gasteiger partial charge in [0, 0.05) is 6.07 Å².